The van der Waals surface area contributed by atoms with E-state index in [1.165, 1.54) is 4.90 Å². The number of carbonyl (C=O) groups excluding carboxylic acids is 1. The van der Waals surface area contributed by atoms with Crippen LogP contribution >= 0.6 is 0 Å². The minimum Gasteiger partial charge on any atom is -0.444 e. The van der Waals surface area contributed by atoms with Crippen LogP contribution in [0.4, 0.5) is 13.6 Å². The third-order valence-corrected chi connectivity index (χ3v) is 2.89. The molecule has 0 spiro atoms. The Morgan fingerprint density at radius 3 is 2.65 bits per heavy atom. The van der Waals surface area contributed by atoms with Crippen LogP contribution in [-0.4, -0.2) is 60.0 Å². The Kier molecular flexibility index (Phi) is 6.13. The van der Waals surface area contributed by atoms with Crippen molar-refractivity contribution in [1.82, 2.24) is 4.90 Å². The van der Waals surface area contributed by atoms with Gasteiger partial charge in [-0.3, -0.25) is 0 Å². The van der Waals surface area contributed by atoms with Gasteiger partial charge in [0.05, 0.1) is 25.3 Å². The van der Waals surface area contributed by atoms with Crippen LogP contribution in [-0.2, 0) is 9.47 Å². The van der Waals surface area contributed by atoms with Gasteiger partial charge in [-0.1, -0.05) is 0 Å². The molecule has 1 unspecified atom stereocenters. The van der Waals surface area contributed by atoms with E-state index >= 15 is 0 Å². The summed E-state index contributed by atoms with van der Waals surface area (Å²) in [5, 5.41) is 8.91. The Bertz CT molecular complexity index is 320. The first-order valence-electron chi connectivity index (χ1n) is 6.73. The number of aliphatic hydroxyl groups is 1. The van der Waals surface area contributed by atoms with Gasteiger partial charge < -0.3 is 19.5 Å². The summed E-state index contributed by atoms with van der Waals surface area (Å²) >= 11 is 0. The number of amides is 1. The standard InChI is InChI=1S/C13H23F2NO4/c1-13(2,3)20-12(18)16-7-10(4-5-17)19-8-9(16)6-11(14)15/h9-11,17H,4-8H2,1-3H3/t9-,10?/m0/s1. The molecule has 1 aliphatic rings. The fourth-order valence-electron chi connectivity index (χ4n) is 2.02. The van der Waals surface area contributed by atoms with Crippen LogP contribution in [0.5, 0.6) is 0 Å². The number of morpholine rings is 1. The Morgan fingerprint density at radius 1 is 1.50 bits per heavy atom. The molecule has 1 aliphatic heterocycles. The number of carbonyl (C=O) groups is 1. The number of rotatable bonds is 4. The molecular weight excluding hydrogens is 272 g/mol. The topological polar surface area (TPSA) is 59.0 Å². The summed E-state index contributed by atoms with van der Waals surface area (Å²) in [4.78, 5) is 13.4. The summed E-state index contributed by atoms with van der Waals surface area (Å²) in [5.74, 6) is 0. The number of alkyl halides is 2. The van der Waals surface area contributed by atoms with Gasteiger partial charge in [0.2, 0.25) is 6.43 Å². The molecule has 2 atom stereocenters. The molecule has 1 amide bonds. The summed E-state index contributed by atoms with van der Waals surface area (Å²) in [7, 11) is 0. The summed E-state index contributed by atoms with van der Waals surface area (Å²) in [5.41, 5.74) is -0.683. The molecule has 0 aromatic rings. The van der Waals surface area contributed by atoms with Crippen molar-refractivity contribution >= 4 is 6.09 Å². The van der Waals surface area contributed by atoms with Crippen LogP contribution in [0, 0.1) is 0 Å². The molecule has 1 heterocycles. The highest BCUT2D eigenvalue weighted by Gasteiger charge is 2.36. The molecule has 0 aliphatic carbocycles. The smallest absolute Gasteiger partial charge is 0.410 e. The Morgan fingerprint density at radius 2 is 2.15 bits per heavy atom. The van der Waals surface area contributed by atoms with Crippen molar-refractivity contribution in [3.8, 4) is 0 Å². The van der Waals surface area contributed by atoms with Gasteiger partial charge in [-0.2, -0.15) is 0 Å². The van der Waals surface area contributed by atoms with E-state index in [9.17, 15) is 13.6 Å². The molecule has 0 aromatic carbocycles. The van der Waals surface area contributed by atoms with Crippen molar-refractivity contribution in [3.05, 3.63) is 0 Å². The summed E-state index contributed by atoms with van der Waals surface area (Å²) in [6.45, 7) is 5.28. The SMILES string of the molecule is CC(C)(C)OC(=O)N1CC(CCO)OC[C@@H]1CC(F)F. The lowest BCUT2D eigenvalue weighted by Gasteiger charge is -2.40. The Balaban J connectivity index is 2.72. The predicted octanol–water partition coefficient (Wildman–Crippen LogP) is 2.03. The molecule has 5 nitrogen and oxygen atoms in total. The maximum absolute atomic E-state index is 12.6. The number of hydrogen-bond acceptors (Lipinski definition) is 4. The highest BCUT2D eigenvalue weighted by Crippen LogP contribution is 2.22. The van der Waals surface area contributed by atoms with Gasteiger partial charge in [0.1, 0.15) is 5.60 Å². The number of aliphatic hydroxyl groups excluding tert-OH is 1. The minimum absolute atomic E-state index is 0.0360. The lowest BCUT2D eigenvalue weighted by Crippen LogP contribution is -2.54. The van der Waals surface area contributed by atoms with Gasteiger partial charge in [0.15, 0.2) is 0 Å². The monoisotopic (exact) mass is 295 g/mol. The van der Waals surface area contributed by atoms with E-state index in [2.05, 4.69) is 0 Å². The van der Waals surface area contributed by atoms with Crippen molar-refractivity contribution in [2.45, 2.75) is 57.8 Å². The van der Waals surface area contributed by atoms with Gasteiger partial charge >= 0.3 is 6.09 Å². The highest BCUT2D eigenvalue weighted by atomic mass is 19.3. The van der Waals surface area contributed by atoms with Gasteiger partial charge in [0.25, 0.3) is 0 Å². The van der Waals surface area contributed by atoms with Gasteiger partial charge in [-0.25, -0.2) is 13.6 Å². The second-order valence-electron chi connectivity index (χ2n) is 5.88. The number of hydrogen-bond donors (Lipinski definition) is 1. The highest BCUT2D eigenvalue weighted by molar-refractivity contribution is 5.68. The molecule has 20 heavy (non-hydrogen) atoms. The van der Waals surface area contributed by atoms with E-state index in [-0.39, 0.29) is 25.9 Å². The van der Waals surface area contributed by atoms with Crippen LogP contribution in [0.1, 0.15) is 33.6 Å². The fraction of sp³-hybridized carbons (Fsp3) is 0.923. The zero-order chi connectivity index (χ0) is 15.3. The third-order valence-electron chi connectivity index (χ3n) is 2.89. The number of nitrogens with zero attached hydrogens (tertiary/aromatic N) is 1. The second kappa shape index (κ2) is 7.17. The summed E-state index contributed by atoms with van der Waals surface area (Å²) in [6, 6.07) is -0.695. The maximum Gasteiger partial charge on any atom is 0.410 e. The molecule has 1 N–H and O–H groups in total. The van der Waals surface area contributed by atoms with Crippen molar-refractivity contribution in [2.75, 3.05) is 19.8 Å². The normalized spacial score (nSPS) is 24.1. The molecule has 1 rings (SSSR count). The average Bonchev–Trinajstić information content (AvgIpc) is 2.28. The predicted molar refractivity (Wildman–Crippen MR) is 68.8 cm³/mol. The summed E-state index contributed by atoms with van der Waals surface area (Å²) in [6.07, 6.45) is -3.55. The van der Waals surface area contributed by atoms with Crippen LogP contribution in [0.25, 0.3) is 0 Å². The van der Waals surface area contributed by atoms with E-state index in [1.54, 1.807) is 20.8 Å². The van der Waals surface area contributed by atoms with E-state index in [0.29, 0.717) is 6.42 Å². The lowest BCUT2D eigenvalue weighted by molar-refractivity contribution is -0.0858. The molecule has 0 radical (unpaired) electrons. The lowest BCUT2D eigenvalue weighted by atomic mass is 10.1. The van der Waals surface area contributed by atoms with Gasteiger partial charge in [0, 0.05) is 13.0 Å². The molecule has 0 saturated carbocycles. The Labute approximate surface area is 117 Å². The molecule has 1 fully saturated rings. The molecule has 1 saturated heterocycles. The first kappa shape index (κ1) is 17.1. The van der Waals surface area contributed by atoms with Crippen molar-refractivity contribution in [1.29, 1.82) is 0 Å². The zero-order valence-corrected chi connectivity index (χ0v) is 12.1. The molecule has 7 heteroatoms. The quantitative estimate of drug-likeness (QED) is 0.862. The van der Waals surface area contributed by atoms with E-state index in [1.807, 2.05) is 0 Å². The molecule has 118 valence electrons. The van der Waals surface area contributed by atoms with Crippen LogP contribution in [0.2, 0.25) is 0 Å². The van der Waals surface area contributed by atoms with E-state index < -0.39 is 30.6 Å². The fourth-order valence-corrected chi connectivity index (χ4v) is 2.02. The van der Waals surface area contributed by atoms with E-state index in [4.69, 9.17) is 14.6 Å². The minimum atomic E-state index is -2.51. The van der Waals surface area contributed by atoms with Crippen molar-refractivity contribution in [3.63, 3.8) is 0 Å². The largest absolute Gasteiger partial charge is 0.444 e. The molecule has 0 bridgehead atoms. The van der Waals surface area contributed by atoms with Gasteiger partial charge in [-0.05, 0) is 27.2 Å². The zero-order valence-electron chi connectivity index (χ0n) is 12.1. The third kappa shape index (κ3) is 5.58. The average molecular weight is 295 g/mol. The van der Waals surface area contributed by atoms with Crippen molar-refractivity contribution in [2.24, 2.45) is 0 Å². The second-order valence-corrected chi connectivity index (χ2v) is 5.88. The van der Waals surface area contributed by atoms with Crippen molar-refractivity contribution < 1.29 is 28.2 Å². The van der Waals surface area contributed by atoms with Crippen LogP contribution < -0.4 is 0 Å². The number of halogens is 2. The first-order chi connectivity index (χ1) is 9.23. The molecular formula is C13H23F2NO4. The summed E-state index contributed by atoms with van der Waals surface area (Å²) < 4.78 is 35.8. The van der Waals surface area contributed by atoms with Gasteiger partial charge in [-0.15, -0.1) is 0 Å². The van der Waals surface area contributed by atoms with E-state index in [0.717, 1.165) is 0 Å². The molecule has 0 aromatic heterocycles. The Hall–Kier alpha value is -0.950. The van der Waals surface area contributed by atoms with Crippen LogP contribution in [0.15, 0.2) is 0 Å². The maximum atomic E-state index is 12.6. The van der Waals surface area contributed by atoms with Crippen LogP contribution in [0.3, 0.4) is 0 Å². The number of ether oxygens (including phenoxy) is 2. The first-order valence-corrected chi connectivity index (χ1v) is 6.73.